The molecule has 6 nitrogen and oxygen atoms in total. The molecule has 1 spiro atoms. The second-order valence-corrected chi connectivity index (χ2v) is 7.30. The van der Waals surface area contributed by atoms with Crippen molar-refractivity contribution in [2.75, 3.05) is 20.2 Å². The minimum Gasteiger partial charge on any atom is -0.486 e. The molecular formula is C21H21N3O3. The highest BCUT2D eigenvalue weighted by molar-refractivity contribution is 6.02. The van der Waals surface area contributed by atoms with E-state index in [0.29, 0.717) is 23.6 Å². The fourth-order valence-corrected chi connectivity index (χ4v) is 4.16. The molecule has 6 heteroatoms. The fraction of sp³-hybridized carbons (Fsp3) is 0.333. The number of fused-ring (bicyclic) bond motifs is 2. The molecule has 0 atom stereocenters. The van der Waals surface area contributed by atoms with Crippen LogP contribution in [0.5, 0.6) is 11.6 Å². The van der Waals surface area contributed by atoms with Gasteiger partial charge in [-0.25, -0.2) is 0 Å². The van der Waals surface area contributed by atoms with Crippen LogP contribution < -0.4 is 14.8 Å². The maximum Gasteiger partial charge on any atom is 0.214 e. The molecule has 138 valence electrons. The first-order valence-electron chi connectivity index (χ1n) is 9.27. The fourth-order valence-electron chi connectivity index (χ4n) is 4.16. The molecule has 2 aromatic heterocycles. The van der Waals surface area contributed by atoms with Crippen molar-refractivity contribution in [1.29, 1.82) is 0 Å². The van der Waals surface area contributed by atoms with Gasteiger partial charge in [0.15, 0.2) is 5.78 Å². The predicted octanol–water partition coefficient (Wildman–Crippen LogP) is 3.33. The average molecular weight is 363 g/mol. The monoisotopic (exact) mass is 363 g/mol. The van der Waals surface area contributed by atoms with E-state index in [1.807, 2.05) is 36.5 Å². The third-order valence-corrected chi connectivity index (χ3v) is 5.64. The van der Waals surface area contributed by atoms with E-state index in [2.05, 4.69) is 15.3 Å². The molecule has 1 saturated heterocycles. The number of hydrogen-bond donors (Lipinski definition) is 2. The lowest BCUT2D eigenvalue weighted by molar-refractivity contribution is 0.0188. The molecule has 0 saturated carbocycles. The molecule has 5 rings (SSSR count). The Balaban J connectivity index is 1.56. The minimum atomic E-state index is -0.358. The number of carbonyl (C=O) groups excluding carboxylic acids is 1. The van der Waals surface area contributed by atoms with Gasteiger partial charge >= 0.3 is 0 Å². The summed E-state index contributed by atoms with van der Waals surface area (Å²) in [6, 6.07) is 9.70. The first kappa shape index (κ1) is 16.3. The van der Waals surface area contributed by atoms with E-state index in [1.165, 1.54) is 0 Å². The quantitative estimate of drug-likeness (QED) is 0.730. The number of aromatic amines is 1. The van der Waals surface area contributed by atoms with E-state index in [1.54, 1.807) is 7.11 Å². The lowest BCUT2D eigenvalue weighted by Crippen LogP contribution is -2.49. The zero-order chi connectivity index (χ0) is 18.4. The summed E-state index contributed by atoms with van der Waals surface area (Å²) in [6.07, 6.45) is 4.13. The number of rotatable bonds is 2. The van der Waals surface area contributed by atoms with E-state index in [4.69, 9.17) is 9.47 Å². The maximum absolute atomic E-state index is 12.7. The molecule has 0 unspecified atom stereocenters. The molecule has 27 heavy (non-hydrogen) atoms. The van der Waals surface area contributed by atoms with Gasteiger partial charge in [0.05, 0.1) is 19.1 Å². The van der Waals surface area contributed by atoms with Gasteiger partial charge in [0.1, 0.15) is 17.0 Å². The van der Waals surface area contributed by atoms with Gasteiger partial charge in [-0.3, -0.25) is 4.79 Å². The third-order valence-electron chi connectivity index (χ3n) is 5.64. The van der Waals surface area contributed by atoms with E-state index >= 15 is 0 Å². The number of carbonyl (C=O) groups is 1. The number of Topliss-reactive ketones (excluding diaryl/α,β-unsaturated/α-hetero) is 1. The van der Waals surface area contributed by atoms with Gasteiger partial charge in [-0.15, -0.1) is 0 Å². The van der Waals surface area contributed by atoms with E-state index in [9.17, 15) is 4.79 Å². The predicted molar refractivity (Wildman–Crippen MR) is 102 cm³/mol. The van der Waals surface area contributed by atoms with Crippen molar-refractivity contribution in [2.24, 2.45) is 0 Å². The molecule has 0 aliphatic carbocycles. The maximum atomic E-state index is 12.7. The Morgan fingerprint density at radius 2 is 2.00 bits per heavy atom. The van der Waals surface area contributed by atoms with Crippen LogP contribution in [0.4, 0.5) is 0 Å². The molecule has 0 radical (unpaired) electrons. The summed E-state index contributed by atoms with van der Waals surface area (Å²) in [4.78, 5) is 20.3. The standard InChI is InChI=1S/C21H21N3O3/c1-26-19-5-4-14-16(12-23-20(14)24-19)13-2-3-15-17(25)11-21(27-18(15)10-13)6-8-22-9-7-21/h2-5,10,12,22H,6-9,11H2,1H3,(H,23,24). The molecule has 0 amide bonds. The van der Waals surface area contributed by atoms with Gasteiger partial charge in [0.25, 0.3) is 0 Å². The minimum absolute atomic E-state index is 0.176. The molecule has 2 aliphatic rings. The van der Waals surface area contributed by atoms with Crippen molar-refractivity contribution in [3.8, 4) is 22.8 Å². The number of ether oxygens (including phenoxy) is 2. The summed E-state index contributed by atoms with van der Waals surface area (Å²) in [5, 5.41) is 4.35. The molecule has 4 heterocycles. The first-order valence-corrected chi connectivity index (χ1v) is 9.27. The highest BCUT2D eigenvalue weighted by Gasteiger charge is 2.41. The second kappa shape index (κ2) is 6.09. The van der Waals surface area contributed by atoms with Gasteiger partial charge < -0.3 is 19.8 Å². The van der Waals surface area contributed by atoms with Crippen LogP contribution in [-0.4, -0.2) is 41.6 Å². The van der Waals surface area contributed by atoms with Crippen LogP contribution in [0.15, 0.2) is 36.5 Å². The Labute approximate surface area is 156 Å². The highest BCUT2D eigenvalue weighted by atomic mass is 16.5. The largest absolute Gasteiger partial charge is 0.486 e. The smallest absolute Gasteiger partial charge is 0.214 e. The van der Waals surface area contributed by atoms with Crippen LogP contribution in [0.2, 0.25) is 0 Å². The van der Waals surface area contributed by atoms with Crippen molar-refractivity contribution in [2.45, 2.75) is 24.9 Å². The average Bonchev–Trinajstić information content (AvgIpc) is 3.11. The summed E-state index contributed by atoms with van der Waals surface area (Å²) < 4.78 is 11.6. The SMILES string of the molecule is COc1ccc2c(-c3ccc4c(c3)OC3(CCNCC3)CC4=O)c[nH]c2n1. The molecule has 3 aromatic rings. The topological polar surface area (TPSA) is 76.2 Å². The summed E-state index contributed by atoms with van der Waals surface area (Å²) in [6.45, 7) is 1.77. The number of H-pyrrole nitrogens is 1. The van der Waals surface area contributed by atoms with Crippen LogP contribution in [-0.2, 0) is 0 Å². The zero-order valence-corrected chi connectivity index (χ0v) is 15.2. The molecule has 1 fully saturated rings. The van der Waals surface area contributed by atoms with Crippen molar-refractivity contribution < 1.29 is 14.3 Å². The van der Waals surface area contributed by atoms with Crippen molar-refractivity contribution in [3.63, 3.8) is 0 Å². The van der Waals surface area contributed by atoms with E-state index in [-0.39, 0.29) is 11.4 Å². The van der Waals surface area contributed by atoms with Crippen LogP contribution in [0.1, 0.15) is 29.6 Å². The highest BCUT2D eigenvalue weighted by Crippen LogP contribution is 2.41. The number of nitrogens with zero attached hydrogens (tertiary/aromatic N) is 1. The second-order valence-electron chi connectivity index (χ2n) is 7.30. The molecular weight excluding hydrogens is 342 g/mol. The van der Waals surface area contributed by atoms with E-state index in [0.717, 1.165) is 48.1 Å². The number of aromatic nitrogens is 2. The molecule has 2 aliphatic heterocycles. The number of ketones is 1. The Bertz CT molecular complexity index is 1030. The Hall–Kier alpha value is -2.86. The summed E-state index contributed by atoms with van der Waals surface area (Å²) in [5.74, 6) is 1.44. The Kier molecular flexibility index (Phi) is 3.68. The molecule has 2 N–H and O–H groups in total. The zero-order valence-electron chi connectivity index (χ0n) is 15.2. The van der Waals surface area contributed by atoms with Crippen molar-refractivity contribution >= 4 is 16.8 Å². The lowest BCUT2D eigenvalue weighted by atomic mass is 9.82. The van der Waals surface area contributed by atoms with E-state index < -0.39 is 0 Å². The van der Waals surface area contributed by atoms with Crippen LogP contribution >= 0.6 is 0 Å². The van der Waals surface area contributed by atoms with Crippen LogP contribution in [0.3, 0.4) is 0 Å². The number of pyridine rings is 1. The Morgan fingerprint density at radius 3 is 2.81 bits per heavy atom. The van der Waals surface area contributed by atoms with Crippen LogP contribution in [0.25, 0.3) is 22.2 Å². The number of piperidine rings is 1. The third kappa shape index (κ3) is 2.68. The first-order chi connectivity index (χ1) is 13.2. The lowest BCUT2D eigenvalue weighted by Gasteiger charge is -2.41. The van der Waals surface area contributed by atoms with Crippen molar-refractivity contribution in [1.82, 2.24) is 15.3 Å². The Morgan fingerprint density at radius 1 is 1.15 bits per heavy atom. The number of methoxy groups -OCH3 is 1. The summed E-state index contributed by atoms with van der Waals surface area (Å²) in [7, 11) is 1.60. The summed E-state index contributed by atoms with van der Waals surface area (Å²) >= 11 is 0. The number of benzene rings is 1. The molecule has 1 aromatic carbocycles. The van der Waals surface area contributed by atoms with Gasteiger partial charge in [0.2, 0.25) is 5.88 Å². The van der Waals surface area contributed by atoms with Gasteiger partial charge in [-0.05, 0) is 36.9 Å². The molecule has 0 bridgehead atoms. The van der Waals surface area contributed by atoms with Crippen molar-refractivity contribution in [3.05, 3.63) is 42.1 Å². The van der Waals surface area contributed by atoms with Gasteiger partial charge in [-0.2, -0.15) is 4.98 Å². The summed E-state index contributed by atoms with van der Waals surface area (Å²) in [5.41, 5.74) is 3.13. The number of nitrogens with one attached hydrogen (secondary N) is 2. The van der Waals surface area contributed by atoms with Gasteiger partial charge in [-0.1, -0.05) is 6.07 Å². The van der Waals surface area contributed by atoms with Gasteiger partial charge in [0, 0.05) is 36.1 Å². The van der Waals surface area contributed by atoms with Crippen LogP contribution in [0, 0.1) is 0 Å². The normalized spacial score (nSPS) is 18.3. The number of hydrogen-bond acceptors (Lipinski definition) is 5.